The van der Waals surface area contributed by atoms with Crippen molar-refractivity contribution in [3.63, 3.8) is 0 Å². The molecule has 11 heteroatoms. The fourth-order valence-electron chi connectivity index (χ4n) is 5.32. The largest absolute Gasteiger partial charge is 0.486 e. The number of likely N-dealkylation sites (N-methyl/N-ethyl adjacent to an activating group) is 1. The molecule has 194 valence electrons. The van der Waals surface area contributed by atoms with Crippen molar-refractivity contribution in [2.24, 2.45) is 0 Å². The van der Waals surface area contributed by atoms with E-state index in [1.807, 2.05) is 37.1 Å². The maximum absolute atomic E-state index is 13.7. The number of aromatic nitrogens is 1. The van der Waals surface area contributed by atoms with Crippen molar-refractivity contribution in [1.82, 2.24) is 19.5 Å². The maximum atomic E-state index is 13.7. The summed E-state index contributed by atoms with van der Waals surface area (Å²) in [7, 11) is -1.86. The van der Waals surface area contributed by atoms with E-state index in [1.165, 1.54) is 10.4 Å². The van der Waals surface area contributed by atoms with Crippen molar-refractivity contribution in [1.29, 1.82) is 0 Å². The summed E-state index contributed by atoms with van der Waals surface area (Å²) < 4.78 is 40.4. The summed E-state index contributed by atoms with van der Waals surface area (Å²) >= 11 is 1.63. The molecule has 0 bridgehead atoms. The summed E-state index contributed by atoms with van der Waals surface area (Å²) in [6.07, 6.45) is 0. The van der Waals surface area contributed by atoms with Crippen LogP contribution in [0.5, 0.6) is 11.5 Å². The Balaban J connectivity index is 1.18. The van der Waals surface area contributed by atoms with Gasteiger partial charge >= 0.3 is 0 Å². The second-order valence-electron chi connectivity index (χ2n) is 9.52. The summed E-state index contributed by atoms with van der Waals surface area (Å²) in [5, 5.41) is 4.14. The summed E-state index contributed by atoms with van der Waals surface area (Å²) in [5.74, 6) is 0.668. The van der Waals surface area contributed by atoms with Gasteiger partial charge in [0.15, 0.2) is 11.5 Å². The lowest BCUT2D eigenvalue weighted by molar-refractivity contribution is -0.131. The highest BCUT2D eigenvalue weighted by atomic mass is 32.2. The van der Waals surface area contributed by atoms with Crippen molar-refractivity contribution in [2.75, 3.05) is 53.0 Å². The Morgan fingerprint density at radius 1 is 1.08 bits per heavy atom. The number of ether oxygens (including phenoxy) is 2. The average Bonchev–Trinajstić information content (AvgIpc) is 3.59. The van der Waals surface area contributed by atoms with Gasteiger partial charge < -0.3 is 19.7 Å². The van der Waals surface area contributed by atoms with Crippen molar-refractivity contribution in [2.45, 2.75) is 17.7 Å². The van der Waals surface area contributed by atoms with E-state index in [0.29, 0.717) is 44.3 Å². The molecule has 3 aromatic rings. The van der Waals surface area contributed by atoms with Crippen molar-refractivity contribution in [3.8, 4) is 11.5 Å². The topological polar surface area (TPSA) is 101 Å². The van der Waals surface area contributed by atoms with Gasteiger partial charge in [-0.1, -0.05) is 12.1 Å². The Morgan fingerprint density at radius 2 is 1.81 bits per heavy atom. The number of benzene rings is 2. The third-order valence-electron chi connectivity index (χ3n) is 7.10. The standard InChI is InChI=1S/C26H28N4O5S2/c1-16-28-25-20(4-3-5-24(25)36-16)21(11-27-2)26(31)29-12-17-14-30(15-18(17)13-29)37(32,33)19-6-7-22-23(10-19)35-9-8-34-22/h3-7,10,21,27H,8-9,11-15H2,1-2H3. The predicted molar refractivity (Wildman–Crippen MR) is 141 cm³/mol. The molecule has 0 fully saturated rings. The molecule has 3 aliphatic heterocycles. The zero-order valence-corrected chi connectivity index (χ0v) is 22.3. The summed E-state index contributed by atoms with van der Waals surface area (Å²) in [6.45, 7) is 4.77. The SMILES string of the molecule is CNCC(C(=O)N1CC2=C(C1)CN(S(=O)(=O)c1ccc3c(c1)OCCO3)C2)c1cccc2sc(C)nc12. The third kappa shape index (κ3) is 4.29. The quantitative estimate of drug-likeness (QED) is 0.480. The highest BCUT2D eigenvalue weighted by Crippen LogP contribution is 2.36. The van der Waals surface area contributed by atoms with Gasteiger partial charge in [-0.15, -0.1) is 11.3 Å². The predicted octanol–water partition coefficient (Wildman–Crippen LogP) is 2.52. The second kappa shape index (κ2) is 9.39. The zero-order chi connectivity index (χ0) is 25.7. The molecule has 0 spiro atoms. The number of carbonyl (C=O) groups is 1. The molecule has 4 heterocycles. The number of aryl methyl sites for hydroxylation is 1. The molecule has 1 unspecified atom stereocenters. The molecule has 0 saturated heterocycles. The van der Waals surface area contributed by atoms with Gasteiger partial charge in [-0.25, -0.2) is 13.4 Å². The van der Waals surface area contributed by atoms with Crippen LogP contribution in [-0.4, -0.2) is 81.5 Å². The van der Waals surface area contributed by atoms with Crippen LogP contribution in [0, 0.1) is 6.92 Å². The van der Waals surface area contributed by atoms with E-state index in [-0.39, 0.29) is 29.8 Å². The Hall–Kier alpha value is -2.99. The first kappa shape index (κ1) is 24.4. The molecule has 9 nitrogen and oxygen atoms in total. The van der Waals surface area contributed by atoms with E-state index >= 15 is 0 Å². The highest BCUT2D eigenvalue weighted by molar-refractivity contribution is 7.89. The number of carbonyl (C=O) groups excluding carboxylic acids is 1. The molecular formula is C26H28N4O5S2. The van der Waals surface area contributed by atoms with Crippen LogP contribution in [0.4, 0.5) is 0 Å². The molecule has 0 aliphatic carbocycles. The van der Waals surface area contributed by atoms with Crippen molar-refractivity contribution < 1.29 is 22.7 Å². The van der Waals surface area contributed by atoms with Crippen LogP contribution in [-0.2, 0) is 14.8 Å². The molecule has 1 N–H and O–H groups in total. The first-order valence-corrected chi connectivity index (χ1v) is 14.5. The Labute approximate surface area is 219 Å². The molecule has 37 heavy (non-hydrogen) atoms. The van der Waals surface area contributed by atoms with E-state index in [9.17, 15) is 13.2 Å². The molecule has 0 saturated carbocycles. The van der Waals surface area contributed by atoms with Crippen LogP contribution < -0.4 is 14.8 Å². The summed E-state index contributed by atoms with van der Waals surface area (Å²) in [5.41, 5.74) is 3.81. The van der Waals surface area contributed by atoms with Gasteiger partial charge in [-0.2, -0.15) is 4.31 Å². The van der Waals surface area contributed by atoms with Crippen LogP contribution in [0.2, 0.25) is 0 Å². The van der Waals surface area contributed by atoms with Gasteiger partial charge in [0.25, 0.3) is 0 Å². The highest BCUT2D eigenvalue weighted by Gasteiger charge is 2.39. The molecule has 3 aliphatic rings. The number of fused-ring (bicyclic) bond motifs is 2. The second-order valence-corrected chi connectivity index (χ2v) is 12.7. The molecule has 1 amide bonds. The van der Waals surface area contributed by atoms with Gasteiger partial charge in [-0.05, 0) is 48.9 Å². The number of hydrogen-bond donors (Lipinski definition) is 1. The van der Waals surface area contributed by atoms with Gasteiger partial charge in [-0.3, -0.25) is 4.79 Å². The number of para-hydroxylation sites is 1. The van der Waals surface area contributed by atoms with Gasteiger partial charge in [0.1, 0.15) is 13.2 Å². The monoisotopic (exact) mass is 540 g/mol. The van der Waals surface area contributed by atoms with E-state index in [1.54, 1.807) is 23.5 Å². The summed E-state index contributed by atoms with van der Waals surface area (Å²) in [4.78, 5) is 20.5. The third-order valence-corrected chi connectivity index (χ3v) is 9.82. The normalized spacial score (nSPS) is 18.5. The van der Waals surface area contributed by atoms with E-state index in [0.717, 1.165) is 31.9 Å². The van der Waals surface area contributed by atoms with Crippen molar-refractivity contribution in [3.05, 3.63) is 58.1 Å². The number of sulfonamides is 1. The first-order valence-electron chi connectivity index (χ1n) is 12.2. The number of rotatable bonds is 6. The van der Waals surface area contributed by atoms with Gasteiger partial charge in [0.2, 0.25) is 15.9 Å². The Bertz CT molecular complexity index is 1510. The number of nitrogens with zero attached hydrogens (tertiary/aromatic N) is 3. The minimum Gasteiger partial charge on any atom is -0.486 e. The lowest BCUT2D eigenvalue weighted by atomic mass is 9.96. The Morgan fingerprint density at radius 3 is 2.54 bits per heavy atom. The van der Waals surface area contributed by atoms with Crippen LogP contribution in [0.25, 0.3) is 10.2 Å². The smallest absolute Gasteiger partial charge is 0.243 e. The van der Waals surface area contributed by atoms with Crippen LogP contribution in [0.3, 0.4) is 0 Å². The van der Waals surface area contributed by atoms with Gasteiger partial charge in [0.05, 0.1) is 26.0 Å². The van der Waals surface area contributed by atoms with Gasteiger partial charge in [0, 0.05) is 38.8 Å². The first-order chi connectivity index (χ1) is 17.8. The fraction of sp³-hybridized carbons (Fsp3) is 0.385. The maximum Gasteiger partial charge on any atom is 0.243 e. The number of nitrogens with one attached hydrogen (secondary N) is 1. The van der Waals surface area contributed by atoms with Crippen LogP contribution in [0.1, 0.15) is 16.5 Å². The zero-order valence-electron chi connectivity index (χ0n) is 20.7. The average molecular weight is 541 g/mol. The Kier molecular flexibility index (Phi) is 6.18. The number of thiazole rings is 1. The molecule has 0 radical (unpaired) electrons. The number of hydrogen-bond acceptors (Lipinski definition) is 8. The molecular weight excluding hydrogens is 512 g/mol. The van der Waals surface area contributed by atoms with Crippen LogP contribution in [0.15, 0.2) is 52.4 Å². The van der Waals surface area contributed by atoms with E-state index in [4.69, 9.17) is 14.5 Å². The summed E-state index contributed by atoms with van der Waals surface area (Å²) in [6, 6.07) is 10.7. The van der Waals surface area contributed by atoms with E-state index in [2.05, 4.69) is 5.32 Å². The lowest BCUT2D eigenvalue weighted by Crippen LogP contribution is -2.40. The minimum atomic E-state index is -3.71. The molecule has 6 rings (SSSR count). The molecule has 1 aromatic heterocycles. The number of amides is 1. The van der Waals surface area contributed by atoms with E-state index < -0.39 is 10.0 Å². The fourth-order valence-corrected chi connectivity index (χ4v) is 7.63. The molecule has 1 atom stereocenters. The molecule has 2 aromatic carbocycles. The lowest BCUT2D eigenvalue weighted by Gasteiger charge is -2.27. The van der Waals surface area contributed by atoms with Crippen LogP contribution >= 0.6 is 11.3 Å². The van der Waals surface area contributed by atoms with Crippen molar-refractivity contribution >= 4 is 37.5 Å². The minimum absolute atomic E-state index is 0.0307.